The van der Waals surface area contributed by atoms with Crippen LogP contribution in [-0.4, -0.2) is 12.5 Å². The fourth-order valence-electron chi connectivity index (χ4n) is 2.24. The molecule has 1 heterocycles. The lowest BCUT2D eigenvalue weighted by Gasteiger charge is -2.03. The number of para-hydroxylation sites is 1. The topological polar surface area (TPSA) is 42.2 Å². The van der Waals surface area contributed by atoms with Gasteiger partial charge in [0.2, 0.25) is 5.91 Å². The van der Waals surface area contributed by atoms with Crippen molar-refractivity contribution in [3.63, 3.8) is 0 Å². The molecule has 0 atom stereocenters. The number of aryl methyl sites for hydroxylation is 1. The highest BCUT2D eigenvalue weighted by molar-refractivity contribution is 5.87. The van der Waals surface area contributed by atoms with Crippen molar-refractivity contribution in [3.05, 3.63) is 60.4 Å². The van der Waals surface area contributed by atoms with Crippen molar-refractivity contribution < 1.29 is 9.21 Å². The molecule has 122 valence electrons. The Balaban J connectivity index is 1.65. The molecule has 1 aromatic heterocycles. The summed E-state index contributed by atoms with van der Waals surface area (Å²) in [5.41, 5.74) is 0.952. The van der Waals surface area contributed by atoms with Gasteiger partial charge in [0.05, 0.1) is 0 Å². The zero-order valence-electron chi connectivity index (χ0n) is 13.9. The predicted molar refractivity (Wildman–Crippen MR) is 95.3 cm³/mol. The molecule has 0 unspecified atom stereocenters. The van der Waals surface area contributed by atoms with Crippen LogP contribution in [-0.2, 0) is 11.2 Å². The van der Waals surface area contributed by atoms with E-state index in [0.29, 0.717) is 12.5 Å². The van der Waals surface area contributed by atoms with Gasteiger partial charge in [-0.1, -0.05) is 50.3 Å². The SMILES string of the molecule is CC(C)CNC(=O)C=CC=CCCCc1cc2ccccc2o1. The summed E-state index contributed by atoms with van der Waals surface area (Å²) in [4.78, 5) is 11.5. The zero-order chi connectivity index (χ0) is 16.5. The van der Waals surface area contributed by atoms with Crippen molar-refractivity contribution in [1.82, 2.24) is 5.32 Å². The molecule has 0 aliphatic carbocycles. The molecule has 1 N–H and O–H groups in total. The van der Waals surface area contributed by atoms with E-state index in [1.54, 1.807) is 12.2 Å². The number of fused-ring (bicyclic) bond motifs is 1. The second kappa shape index (κ2) is 8.99. The van der Waals surface area contributed by atoms with E-state index in [2.05, 4.69) is 37.4 Å². The number of amides is 1. The van der Waals surface area contributed by atoms with Crippen molar-refractivity contribution in [3.8, 4) is 0 Å². The maximum atomic E-state index is 11.5. The lowest BCUT2D eigenvalue weighted by molar-refractivity contribution is -0.116. The molecular weight excluding hydrogens is 286 g/mol. The number of hydrogen-bond donors (Lipinski definition) is 1. The van der Waals surface area contributed by atoms with Crippen molar-refractivity contribution in [2.75, 3.05) is 6.54 Å². The molecule has 0 bridgehead atoms. The van der Waals surface area contributed by atoms with Crippen molar-refractivity contribution in [2.24, 2.45) is 5.92 Å². The summed E-state index contributed by atoms with van der Waals surface area (Å²) in [5.74, 6) is 1.47. The highest BCUT2D eigenvalue weighted by atomic mass is 16.3. The molecule has 3 nitrogen and oxygen atoms in total. The van der Waals surface area contributed by atoms with Gasteiger partial charge in [-0.25, -0.2) is 0 Å². The number of carbonyl (C=O) groups excluding carboxylic acids is 1. The third-order valence-electron chi connectivity index (χ3n) is 3.45. The Hall–Kier alpha value is -2.29. The summed E-state index contributed by atoms with van der Waals surface area (Å²) in [5, 5.41) is 4.01. The van der Waals surface area contributed by atoms with Crippen LogP contribution in [0.1, 0.15) is 32.4 Å². The number of nitrogens with one attached hydrogen (secondary N) is 1. The van der Waals surface area contributed by atoms with Gasteiger partial charge in [-0.3, -0.25) is 4.79 Å². The average molecular weight is 311 g/mol. The van der Waals surface area contributed by atoms with E-state index in [1.165, 1.54) is 0 Å². The maximum absolute atomic E-state index is 11.5. The Morgan fingerprint density at radius 2 is 2.09 bits per heavy atom. The van der Waals surface area contributed by atoms with E-state index >= 15 is 0 Å². The Morgan fingerprint density at radius 3 is 2.87 bits per heavy atom. The van der Waals surface area contributed by atoms with E-state index in [9.17, 15) is 4.79 Å². The Labute approximate surface area is 138 Å². The van der Waals surface area contributed by atoms with Crippen LogP contribution < -0.4 is 5.32 Å². The number of furan rings is 1. The summed E-state index contributed by atoms with van der Waals surface area (Å²) < 4.78 is 5.78. The number of carbonyl (C=O) groups is 1. The molecule has 23 heavy (non-hydrogen) atoms. The lowest BCUT2D eigenvalue weighted by Crippen LogP contribution is -2.25. The van der Waals surface area contributed by atoms with Crippen LogP contribution in [0.2, 0.25) is 0 Å². The molecule has 0 saturated carbocycles. The Morgan fingerprint density at radius 1 is 1.26 bits per heavy atom. The molecule has 0 aliphatic rings. The van der Waals surface area contributed by atoms with Crippen LogP contribution in [0.4, 0.5) is 0 Å². The first-order valence-electron chi connectivity index (χ1n) is 8.23. The summed E-state index contributed by atoms with van der Waals surface area (Å²) in [6, 6.07) is 10.2. The van der Waals surface area contributed by atoms with E-state index in [1.807, 2.05) is 24.3 Å². The van der Waals surface area contributed by atoms with Crippen LogP contribution in [0.25, 0.3) is 11.0 Å². The fraction of sp³-hybridized carbons (Fsp3) is 0.350. The molecule has 0 spiro atoms. The first-order valence-corrected chi connectivity index (χ1v) is 8.23. The van der Waals surface area contributed by atoms with Gasteiger partial charge in [0, 0.05) is 24.4 Å². The summed E-state index contributed by atoms with van der Waals surface area (Å²) >= 11 is 0. The smallest absolute Gasteiger partial charge is 0.243 e. The maximum Gasteiger partial charge on any atom is 0.243 e. The van der Waals surface area contributed by atoms with Gasteiger partial charge in [0.15, 0.2) is 0 Å². The molecule has 0 radical (unpaired) electrons. The van der Waals surface area contributed by atoms with Gasteiger partial charge in [0.25, 0.3) is 0 Å². The summed E-state index contributed by atoms with van der Waals surface area (Å²) in [7, 11) is 0. The second-order valence-electron chi connectivity index (χ2n) is 6.07. The fourth-order valence-corrected chi connectivity index (χ4v) is 2.24. The van der Waals surface area contributed by atoms with Gasteiger partial charge in [0.1, 0.15) is 11.3 Å². The van der Waals surface area contributed by atoms with Crippen LogP contribution in [0.15, 0.2) is 59.1 Å². The molecule has 0 aliphatic heterocycles. The van der Waals surface area contributed by atoms with E-state index in [-0.39, 0.29) is 5.91 Å². The standard InChI is InChI=1S/C20H25NO2/c1-16(2)15-21-20(22)13-7-5-3-4-6-11-18-14-17-10-8-9-12-19(17)23-18/h3,5,7-10,12-14,16H,4,6,11,15H2,1-2H3,(H,21,22). The average Bonchev–Trinajstić information content (AvgIpc) is 2.94. The molecule has 0 saturated heterocycles. The molecule has 1 amide bonds. The zero-order valence-corrected chi connectivity index (χ0v) is 13.9. The van der Waals surface area contributed by atoms with Crippen LogP contribution in [0.5, 0.6) is 0 Å². The van der Waals surface area contributed by atoms with Gasteiger partial charge >= 0.3 is 0 Å². The quantitative estimate of drug-likeness (QED) is 0.438. The number of rotatable bonds is 8. The van der Waals surface area contributed by atoms with Gasteiger partial charge in [-0.15, -0.1) is 0 Å². The van der Waals surface area contributed by atoms with Crippen molar-refractivity contribution in [1.29, 1.82) is 0 Å². The highest BCUT2D eigenvalue weighted by Gasteiger charge is 2.01. The van der Waals surface area contributed by atoms with Gasteiger partial charge in [-0.2, -0.15) is 0 Å². The van der Waals surface area contributed by atoms with E-state index in [0.717, 1.165) is 36.0 Å². The third kappa shape index (κ3) is 6.15. The highest BCUT2D eigenvalue weighted by Crippen LogP contribution is 2.20. The van der Waals surface area contributed by atoms with Gasteiger partial charge < -0.3 is 9.73 Å². The predicted octanol–water partition coefficient (Wildman–Crippen LogP) is 4.64. The number of allylic oxidation sites excluding steroid dienone is 3. The van der Waals surface area contributed by atoms with Crippen LogP contribution in [0.3, 0.4) is 0 Å². The van der Waals surface area contributed by atoms with Crippen LogP contribution in [0, 0.1) is 5.92 Å². The summed E-state index contributed by atoms with van der Waals surface area (Å²) in [6.07, 6.45) is 10.3. The molecule has 2 rings (SSSR count). The molecule has 1 aromatic carbocycles. The minimum Gasteiger partial charge on any atom is -0.461 e. The van der Waals surface area contributed by atoms with E-state index < -0.39 is 0 Å². The van der Waals surface area contributed by atoms with Crippen molar-refractivity contribution >= 4 is 16.9 Å². The minimum atomic E-state index is -0.0365. The van der Waals surface area contributed by atoms with E-state index in [4.69, 9.17) is 4.42 Å². The molecule has 2 aromatic rings. The largest absolute Gasteiger partial charge is 0.461 e. The number of hydrogen-bond acceptors (Lipinski definition) is 2. The molecule has 3 heteroatoms. The lowest BCUT2D eigenvalue weighted by atomic mass is 10.2. The Bertz CT molecular complexity index is 647. The molecule has 0 fully saturated rings. The van der Waals surface area contributed by atoms with Crippen LogP contribution >= 0.6 is 0 Å². The second-order valence-corrected chi connectivity index (χ2v) is 6.07. The number of benzene rings is 1. The monoisotopic (exact) mass is 311 g/mol. The third-order valence-corrected chi connectivity index (χ3v) is 3.45. The Kier molecular flexibility index (Phi) is 6.67. The van der Waals surface area contributed by atoms with Crippen molar-refractivity contribution in [2.45, 2.75) is 33.1 Å². The first kappa shape index (κ1) is 17.1. The minimum absolute atomic E-state index is 0.0365. The summed E-state index contributed by atoms with van der Waals surface area (Å²) in [6.45, 7) is 4.86. The van der Waals surface area contributed by atoms with Gasteiger partial charge in [-0.05, 0) is 30.9 Å². The number of unbranched alkanes of at least 4 members (excludes halogenated alkanes) is 1. The first-order chi connectivity index (χ1) is 11.1. The molecular formula is C20H25NO2. The normalized spacial score (nSPS) is 12.0.